The summed E-state index contributed by atoms with van der Waals surface area (Å²) >= 11 is 0. The van der Waals surface area contributed by atoms with Gasteiger partial charge in [0.1, 0.15) is 0 Å². The molecule has 0 heterocycles. The van der Waals surface area contributed by atoms with Crippen LogP contribution < -0.4 is 4.72 Å². The first-order valence-corrected chi connectivity index (χ1v) is 7.32. The zero-order chi connectivity index (χ0) is 13.7. The van der Waals surface area contributed by atoms with Crippen LogP contribution in [0.4, 0.5) is 0 Å². The second-order valence-electron chi connectivity index (χ2n) is 5.30. The molecular weight excluding hydrogens is 242 g/mol. The molecule has 0 amide bonds. The molecule has 0 atom stereocenters. The molecular formula is C11H23NO4S. The lowest BCUT2D eigenvalue weighted by atomic mass is 9.84. The molecule has 0 aromatic heterocycles. The summed E-state index contributed by atoms with van der Waals surface area (Å²) in [7, 11) is -3.22. The molecule has 0 bridgehead atoms. The number of nitrogens with one attached hydrogen (secondary N) is 1. The van der Waals surface area contributed by atoms with Gasteiger partial charge in [-0.25, -0.2) is 13.1 Å². The molecule has 5 nitrogen and oxygen atoms in total. The third-order valence-corrected chi connectivity index (χ3v) is 4.59. The van der Waals surface area contributed by atoms with Crippen LogP contribution >= 0.6 is 0 Å². The van der Waals surface area contributed by atoms with Crippen LogP contribution in [0.25, 0.3) is 0 Å². The van der Waals surface area contributed by atoms with Crippen LogP contribution in [0.1, 0.15) is 47.0 Å². The first kappa shape index (κ1) is 16.4. The predicted molar refractivity (Wildman–Crippen MR) is 67.3 cm³/mol. The van der Waals surface area contributed by atoms with Gasteiger partial charge < -0.3 is 5.11 Å². The van der Waals surface area contributed by atoms with Gasteiger partial charge in [-0.3, -0.25) is 4.79 Å². The smallest absolute Gasteiger partial charge is 0.303 e. The van der Waals surface area contributed by atoms with Crippen molar-refractivity contribution in [2.75, 3.05) is 6.54 Å². The SMILES string of the molecule is CC(C)S(=O)(=O)NCCC(C)(C)CCC(=O)O. The highest BCUT2D eigenvalue weighted by Crippen LogP contribution is 2.26. The van der Waals surface area contributed by atoms with Crippen molar-refractivity contribution in [1.82, 2.24) is 4.72 Å². The van der Waals surface area contributed by atoms with Gasteiger partial charge in [-0.05, 0) is 32.1 Å². The summed E-state index contributed by atoms with van der Waals surface area (Å²) in [6, 6.07) is 0. The van der Waals surface area contributed by atoms with E-state index in [2.05, 4.69) is 4.72 Å². The predicted octanol–water partition coefficient (Wildman–Crippen LogP) is 1.60. The fraction of sp³-hybridized carbons (Fsp3) is 0.909. The highest BCUT2D eigenvalue weighted by atomic mass is 32.2. The number of carboxylic acids is 1. The minimum atomic E-state index is -3.22. The van der Waals surface area contributed by atoms with Gasteiger partial charge in [0.15, 0.2) is 0 Å². The quantitative estimate of drug-likeness (QED) is 0.698. The van der Waals surface area contributed by atoms with Crippen molar-refractivity contribution < 1.29 is 18.3 Å². The van der Waals surface area contributed by atoms with E-state index in [0.29, 0.717) is 19.4 Å². The van der Waals surface area contributed by atoms with Gasteiger partial charge in [-0.1, -0.05) is 13.8 Å². The van der Waals surface area contributed by atoms with Crippen LogP contribution in [0, 0.1) is 5.41 Å². The summed E-state index contributed by atoms with van der Waals surface area (Å²) in [4.78, 5) is 10.5. The van der Waals surface area contributed by atoms with Crippen LogP contribution in [0.5, 0.6) is 0 Å². The molecule has 0 rings (SSSR count). The van der Waals surface area contributed by atoms with Crippen LogP contribution in [0.3, 0.4) is 0 Å². The molecule has 0 radical (unpaired) electrons. The van der Waals surface area contributed by atoms with Gasteiger partial charge in [0.2, 0.25) is 10.0 Å². The van der Waals surface area contributed by atoms with E-state index in [-0.39, 0.29) is 11.8 Å². The van der Waals surface area contributed by atoms with Crippen molar-refractivity contribution in [3.05, 3.63) is 0 Å². The topological polar surface area (TPSA) is 83.5 Å². The molecule has 0 aliphatic carbocycles. The van der Waals surface area contributed by atoms with Crippen molar-refractivity contribution in [3.63, 3.8) is 0 Å². The van der Waals surface area contributed by atoms with E-state index >= 15 is 0 Å². The molecule has 17 heavy (non-hydrogen) atoms. The lowest BCUT2D eigenvalue weighted by Gasteiger charge is -2.24. The molecule has 0 saturated carbocycles. The van der Waals surface area contributed by atoms with Crippen molar-refractivity contribution in [2.24, 2.45) is 5.41 Å². The summed E-state index contributed by atoms with van der Waals surface area (Å²) in [6.07, 6.45) is 1.29. The number of hydrogen-bond donors (Lipinski definition) is 2. The summed E-state index contributed by atoms with van der Waals surface area (Å²) < 4.78 is 25.5. The Bertz CT molecular complexity index is 346. The number of carbonyl (C=O) groups is 1. The highest BCUT2D eigenvalue weighted by molar-refractivity contribution is 7.90. The van der Waals surface area contributed by atoms with E-state index in [0.717, 1.165) is 0 Å². The van der Waals surface area contributed by atoms with E-state index in [1.807, 2.05) is 13.8 Å². The number of rotatable bonds is 8. The fourth-order valence-corrected chi connectivity index (χ4v) is 1.99. The Morgan fingerprint density at radius 3 is 2.24 bits per heavy atom. The van der Waals surface area contributed by atoms with E-state index < -0.39 is 21.2 Å². The Morgan fingerprint density at radius 2 is 1.82 bits per heavy atom. The molecule has 0 aliphatic rings. The molecule has 0 aromatic rings. The maximum absolute atomic E-state index is 11.5. The number of hydrogen-bond acceptors (Lipinski definition) is 3. The Hall–Kier alpha value is -0.620. The number of aliphatic carboxylic acids is 1. The first-order chi connectivity index (χ1) is 7.57. The van der Waals surface area contributed by atoms with Gasteiger partial charge in [0.05, 0.1) is 5.25 Å². The van der Waals surface area contributed by atoms with Crippen molar-refractivity contribution in [1.29, 1.82) is 0 Å². The van der Waals surface area contributed by atoms with Gasteiger partial charge in [-0.2, -0.15) is 0 Å². The average molecular weight is 265 g/mol. The third kappa shape index (κ3) is 7.33. The number of carboxylic acid groups (broad SMARTS) is 1. The van der Waals surface area contributed by atoms with E-state index in [1.165, 1.54) is 0 Å². The molecule has 0 aliphatic heterocycles. The lowest BCUT2D eigenvalue weighted by Crippen LogP contribution is -2.33. The fourth-order valence-electron chi connectivity index (χ4n) is 1.27. The molecule has 6 heteroatoms. The van der Waals surface area contributed by atoms with E-state index in [1.54, 1.807) is 13.8 Å². The molecule has 2 N–H and O–H groups in total. The van der Waals surface area contributed by atoms with Gasteiger partial charge in [0, 0.05) is 13.0 Å². The zero-order valence-corrected chi connectivity index (χ0v) is 11.8. The zero-order valence-electron chi connectivity index (χ0n) is 11.0. The summed E-state index contributed by atoms with van der Waals surface area (Å²) in [6.45, 7) is 7.49. The minimum Gasteiger partial charge on any atom is -0.481 e. The van der Waals surface area contributed by atoms with Crippen LogP contribution in [-0.4, -0.2) is 31.3 Å². The number of sulfonamides is 1. The maximum atomic E-state index is 11.5. The Morgan fingerprint density at radius 1 is 1.29 bits per heavy atom. The van der Waals surface area contributed by atoms with Crippen LogP contribution in [0.2, 0.25) is 0 Å². The summed E-state index contributed by atoms with van der Waals surface area (Å²) in [5.41, 5.74) is -0.169. The normalized spacial score (nSPS) is 13.0. The van der Waals surface area contributed by atoms with Crippen LogP contribution in [-0.2, 0) is 14.8 Å². The summed E-state index contributed by atoms with van der Waals surface area (Å²) in [5, 5.41) is 8.15. The molecule has 0 aromatic carbocycles. The Kier molecular flexibility index (Phi) is 6.12. The molecule has 0 fully saturated rings. The van der Waals surface area contributed by atoms with Gasteiger partial charge in [0.25, 0.3) is 0 Å². The summed E-state index contributed by atoms with van der Waals surface area (Å²) in [5.74, 6) is -0.819. The second-order valence-corrected chi connectivity index (χ2v) is 7.62. The Balaban J connectivity index is 4.07. The lowest BCUT2D eigenvalue weighted by molar-refractivity contribution is -0.137. The average Bonchev–Trinajstić information content (AvgIpc) is 2.14. The molecule has 0 spiro atoms. The van der Waals surface area contributed by atoms with Gasteiger partial charge in [-0.15, -0.1) is 0 Å². The van der Waals surface area contributed by atoms with Crippen LogP contribution in [0.15, 0.2) is 0 Å². The second kappa shape index (κ2) is 6.35. The van der Waals surface area contributed by atoms with Gasteiger partial charge >= 0.3 is 5.97 Å². The molecule has 0 unspecified atom stereocenters. The van der Waals surface area contributed by atoms with E-state index in [9.17, 15) is 13.2 Å². The van der Waals surface area contributed by atoms with E-state index in [4.69, 9.17) is 5.11 Å². The van der Waals surface area contributed by atoms with Crippen molar-refractivity contribution in [3.8, 4) is 0 Å². The minimum absolute atomic E-state index is 0.115. The first-order valence-electron chi connectivity index (χ1n) is 5.77. The highest BCUT2D eigenvalue weighted by Gasteiger charge is 2.21. The standard InChI is InChI=1S/C11H23NO4S/c1-9(2)17(15,16)12-8-7-11(3,4)6-5-10(13)14/h9,12H,5-8H2,1-4H3,(H,13,14). The largest absolute Gasteiger partial charge is 0.481 e. The Labute approximate surface area is 104 Å². The molecule has 0 saturated heterocycles. The maximum Gasteiger partial charge on any atom is 0.303 e. The molecule has 102 valence electrons. The van der Waals surface area contributed by atoms with Crippen molar-refractivity contribution >= 4 is 16.0 Å². The third-order valence-electron chi connectivity index (χ3n) is 2.74. The van der Waals surface area contributed by atoms with Crippen molar-refractivity contribution in [2.45, 2.75) is 52.2 Å². The monoisotopic (exact) mass is 265 g/mol.